The van der Waals surface area contributed by atoms with Crippen LogP contribution in [0.3, 0.4) is 0 Å². The fourth-order valence-corrected chi connectivity index (χ4v) is 4.64. The molecule has 6 atom stereocenters. The number of hydrogen-bond donors (Lipinski definition) is 1. The van der Waals surface area contributed by atoms with Crippen molar-refractivity contribution in [3.63, 3.8) is 0 Å². The zero-order valence-corrected chi connectivity index (χ0v) is 14.0. The minimum Gasteiger partial charge on any atom is -0.381 e. The molecule has 0 amide bonds. The molecule has 1 fully saturated rings. The largest absolute Gasteiger partial charge is 0.513 e. The summed E-state index contributed by atoms with van der Waals surface area (Å²) in [5, 5.41) is 13.9. The molecule has 0 aromatic rings. The van der Waals surface area contributed by atoms with Crippen LogP contribution in [0.1, 0.15) is 39.5 Å². The first kappa shape index (κ1) is 16.0. The molecule has 0 spiro atoms. The molecular weight excluding hydrogens is 292 g/mol. The zero-order chi connectivity index (χ0) is 16.6. The first-order valence-corrected chi connectivity index (χ1v) is 8.50. The average Bonchev–Trinajstić information content (AvgIpc) is 2.93. The third-order valence-electron chi connectivity index (χ3n) is 5.72. The smallest absolute Gasteiger partial charge is 0.381 e. The van der Waals surface area contributed by atoms with Crippen LogP contribution in [0, 0.1) is 35.0 Å². The molecule has 23 heavy (non-hydrogen) atoms. The number of nitriles is 1. The van der Waals surface area contributed by atoms with Crippen molar-refractivity contribution in [3.05, 3.63) is 11.5 Å². The Kier molecular flexibility index (Phi) is 4.43. The Bertz CT molecular complexity index is 615. The first-order chi connectivity index (χ1) is 11.1. The number of allylic oxidation sites excluding steroid dienone is 1. The summed E-state index contributed by atoms with van der Waals surface area (Å²) in [6, 6.07) is 2.29. The van der Waals surface area contributed by atoms with Gasteiger partial charge in [0.1, 0.15) is 18.0 Å². The summed E-state index contributed by atoms with van der Waals surface area (Å²) >= 11 is 0. The molecule has 0 aromatic carbocycles. The lowest BCUT2D eigenvalue weighted by molar-refractivity contribution is -0.104. The molecule has 0 aromatic heterocycles. The van der Waals surface area contributed by atoms with E-state index in [9.17, 15) is 5.26 Å². The van der Waals surface area contributed by atoms with Crippen molar-refractivity contribution in [1.29, 1.82) is 5.26 Å². The number of fused-ring (bicyclic) bond motifs is 1. The second-order valence-electron chi connectivity index (χ2n) is 6.80. The second-order valence-corrected chi connectivity index (χ2v) is 6.80. The fourth-order valence-electron chi connectivity index (χ4n) is 4.64. The molecule has 6 nitrogen and oxygen atoms in total. The average molecular weight is 317 g/mol. The third-order valence-corrected chi connectivity index (χ3v) is 5.72. The van der Waals surface area contributed by atoms with Gasteiger partial charge in [-0.05, 0) is 31.6 Å². The van der Waals surface area contributed by atoms with Crippen molar-refractivity contribution in [1.82, 2.24) is 0 Å². The van der Waals surface area contributed by atoms with Crippen molar-refractivity contribution in [2.45, 2.75) is 51.7 Å². The van der Waals surface area contributed by atoms with Crippen molar-refractivity contribution in [2.75, 3.05) is 7.11 Å². The molecule has 2 N–H and O–H groups in total. The summed E-state index contributed by atoms with van der Waals surface area (Å²) in [4.78, 5) is 4.15. The summed E-state index contributed by atoms with van der Waals surface area (Å²) in [5.74, 6) is 1.50. The Morgan fingerprint density at radius 2 is 2.22 bits per heavy atom. The third kappa shape index (κ3) is 2.54. The van der Waals surface area contributed by atoms with Crippen molar-refractivity contribution in [2.24, 2.45) is 34.5 Å². The summed E-state index contributed by atoms with van der Waals surface area (Å²) in [7, 11) is 1.78. The Hall–Kier alpha value is -1.83. The van der Waals surface area contributed by atoms with Crippen LogP contribution in [0.15, 0.2) is 16.6 Å². The highest BCUT2D eigenvalue weighted by molar-refractivity contribution is 5.78. The Labute approximate surface area is 137 Å². The first-order valence-electron chi connectivity index (χ1n) is 8.50. The summed E-state index contributed by atoms with van der Waals surface area (Å²) < 4.78 is 11.5. The van der Waals surface area contributed by atoms with Crippen LogP contribution in [-0.2, 0) is 9.47 Å². The molecule has 124 valence electrons. The van der Waals surface area contributed by atoms with E-state index in [0.29, 0.717) is 17.4 Å². The van der Waals surface area contributed by atoms with Gasteiger partial charge in [0.25, 0.3) is 0 Å². The molecule has 3 rings (SSSR count). The van der Waals surface area contributed by atoms with E-state index in [-0.39, 0.29) is 35.8 Å². The predicted octanol–water partition coefficient (Wildman–Crippen LogP) is 2.25. The van der Waals surface area contributed by atoms with E-state index < -0.39 is 0 Å². The van der Waals surface area contributed by atoms with Crippen molar-refractivity contribution in [3.8, 4) is 6.07 Å². The Morgan fingerprint density at radius 1 is 1.43 bits per heavy atom. The minimum absolute atomic E-state index is 0.00444. The van der Waals surface area contributed by atoms with E-state index in [4.69, 9.17) is 15.2 Å². The SMILES string of the molecule is CCC1CCCC(C2C(C#N)=C(N)OC3=[N+]=NC(C)C32)C1OC. The van der Waals surface area contributed by atoms with Crippen LogP contribution in [-0.4, -0.2) is 29.9 Å². The van der Waals surface area contributed by atoms with Crippen molar-refractivity contribution >= 4 is 5.90 Å². The minimum atomic E-state index is -0.0203. The van der Waals surface area contributed by atoms with Gasteiger partial charge in [0.2, 0.25) is 5.88 Å². The van der Waals surface area contributed by atoms with Crippen LogP contribution in [0.2, 0.25) is 0 Å². The molecule has 0 saturated heterocycles. The number of nitrogens with zero attached hydrogens (tertiary/aromatic N) is 3. The van der Waals surface area contributed by atoms with Crippen LogP contribution in [0.4, 0.5) is 0 Å². The highest BCUT2D eigenvalue weighted by Crippen LogP contribution is 2.46. The van der Waals surface area contributed by atoms with Gasteiger partial charge < -0.3 is 15.2 Å². The number of rotatable bonds is 3. The van der Waals surface area contributed by atoms with Crippen LogP contribution < -0.4 is 5.73 Å². The molecule has 3 aliphatic rings. The van der Waals surface area contributed by atoms with E-state index in [1.807, 2.05) is 6.92 Å². The topological polar surface area (TPSA) is 94.7 Å². The molecule has 0 bridgehead atoms. The highest BCUT2D eigenvalue weighted by Gasteiger charge is 2.56. The van der Waals surface area contributed by atoms with Crippen molar-refractivity contribution < 1.29 is 14.3 Å². The zero-order valence-electron chi connectivity index (χ0n) is 14.0. The van der Waals surface area contributed by atoms with Gasteiger partial charge in [-0.3, -0.25) is 0 Å². The van der Waals surface area contributed by atoms with E-state index >= 15 is 0 Å². The standard InChI is InChI=1S/C17H25N4O2/c1-4-10-6-5-7-11(15(10)22-3)14-12(8-18)16(19)23-17-13(14)9(2)20-21-17/h9-11,13-15H,4-7,19H2,1-3H3/q+1. The van der Waals surface area contributed by atoms with Gasteiger partial charge >= 0.3 is 5.90 Å². The maximum atomic E-state index is 9.67. The van der Waals surface area contributed by atoms with Gasteiger partial charge in [-0.25, -0.2) is 0 Å². The monoisotopic (exact) mass is 317 g/mol. The van der Waals surface area contributed by atoms with Gasteiger partial charge in [0.05, 0.1) is 21.6 Å². The number of methoxy groups -OCH3 is 1. The molecule has 2 aliphatic heterocycles. The quantitative estimate of drug-likeness (QED) is 0.808. The molecule has 2 heterocycles. The maximum Gasteiger partial charge on any atom is 0.513 e. The molecular formula is C17H25N4O2+. The van der Waals surface area contributed by atoms with Crippen LogP contribution >= 0.6 is 0 Å². The van der Waals surface area contributed by atoms with E-state index in [0.717, 1.165) is 19.3 Å². The summed E-state index contributed by atoms with van der Waals surface area (Å²) in [6.45, 7) is 4.23. The number of ether oxygens (including phenoxy) is 2. The highest BCUT2D eigenvalue weighted by atomic mass is 16.5. The lowest BCUT2D eigenvalue weighted by Gasteiger charge is -2.43. The second kappa shape index (κ2) is 6.35. The Morgan fingerprint density at radius 3 is 2.87 bits per heavy atom. The summed E-state index contributed by atoms with van der Waals surface area (Å²) in [6.07, 6.45) is 4.60. The van der Waals surface area contributed by atoms with E-state index in [1.54, 1.807) is 7.11 Å². The molecule has 1 aliphatic carbocycles. The maximum absolute atomic E-state index is 9.67. The predicted molar refractivity (Wildman–Crippen MR) is 84.0 cm³/mol. The van der Waals surface area contributed by atoms with Gasteiger partial charge in [0, 0.05) is 13.0 Å². The molecule has 0 radical (unpaired) electrons. The lowest BCUT2D eigenvalue weighted by Crippen LogP contribution is -2.48. The van der Waals surface area contributed by atoms with Gasteiger partial charge in [-0.2, -0.15) is 5.26 Å². The van der Waals surface area contributed by atoms with Crippen LogP contribution in [0.5, 0.6) is 0 Å². The van der Waals surface area contributed by atoms with E-state index in [2.05, 4.69) is 22.9 Å². The fraction of sp³-hybridized carbons (Fsp3) is 0.765. The molecule has 1 saturated carbocycles. The Balaban J connectivity index is 2.02. The van der Waals surface area contributed by atoms with Gasteiger partial charge in [-0.15, -0.1) is 0 Å². The lowest BCUT2D eigenvalue weighted by atomic mass is 9.64. The number of hydrogen-bond acceptors (Lipinski definition) is 5. The van der Waals surface area contributed by atoms with E-state index in [1.165, 1.54) is 6.42 Å². The van der Waals surface area contributed by atoms with Crippen LogP contribution in [0.25, 0.3) is 0 Å². The van der Waals surface area contributed by atoms with Gasteiger partial charge in [-0.1, -0.05) is 19.8 Å². The molecule has 6 unspecified atom stereocenters. The normalized spacial score (nSPS) is 39.5. The molecule has 6 heteroatoms. The number of nitrogens with two attached hydrogens (primary N) is 1. The summed E-state index contributed by atoms with van der Waals surface area (Å²) in [5.41, 5.74) is 6.56. The van der Waals surface area contributed by atoms with Gasteiger partial charge in [0.15, 0.2) is 0 Å².